The first kappa shape index (κ1) is 32.7. The van der Waals surface area contributed by atoms with E-state index in [0.717, 1.165) is 38.5 Å². The summed E-state index contributed by atoms with van der Waals surface area (Å²) in [6.45, 7) is 4.41. The second-order valence-corrected chi connectivity index (χ2v) is 10.2. The Hall–Kier alpha value is 1.51. The summed E-state index contributed by atoms with van der Waals surface area (Å²) in [6.07, 6.45) is 20.3. The van der Waals surface area contributed by atoms with E-state index in [9.17, 15) is 18.1 Å². The Balaban J connectivity index is 0. The van der Waals surface area contributed by atoms with E-state index in [1.54, 1.807) is 0 Å². The third-order valence-corrected chi connectivity index (χ3v) is 7.15. The van der Waals surface area contributed by atoms with Crippen molar-refractivity contribution in [1.29, 1.82) is 0 Å². The standard InChI is InChI=1S/C23H48O4S.K/c1-3-5-7-9-11-13-14-16-18-20-22-23(24,28(25,26)27)21-19-17-15-12-10-8-6-4-2;/h24H,3-22H2,1-2H3,(H,25,26,27);/q;+1/p-1. The summed E-state index contributed by atoms with van der Waals surface area (Å²) in [5.74, 6) is 0. The fourth-order valence-corrected chi connectivity index (χ4v) is 4.59. The molecule has 0 saturated heterocycles. The van der Waals surface area contributed by atoms with Gasteiger partial charge in [-0.05, 0) is 25.7 Å². The predicted molar refractivity (Wildman–Crippen MR) is 118 cm³/mol. The van der Waals surface area contributed by atoms with Gasteiger partial charge in [0.05, 0.1) is 0 Å². The molecule has 0 radical (unpaired) electrons. The molecule has 0 amide bonds. The van der Waals surface area contributed by atoms with Gasteiger partial charge in [-0.1, -0.05) is 117 Å². The molecule has 170 valence electrons. The fourth-order valence-electron chi connectivity index (χ4n) is 3.80. The summed E-state index contributed by atoms with van der Waals surface area (Å²) in [7, 11) is -4.67. The van der Waals surface area contributed by atoms with E-state index in [0.29, 0.717) is 12.8 Å². The Labute approximate surface area is 224 Å². The molecule has 29 heavy (non-hydrogen) atoms. The zero-order valence-corrected chi connectivity index (χ0v) is 23.7. The quantitative estimate of drug-likeness (QED) is 0.160. The molecular formula is C23H47KO4S. The van der Waals surface area contributed by atoms with E-state index < -0.39 is 15.1 Å². The number of rotatable bonds is 21. The zero-order valence-electron chi connectivity index (χ0n) is 19.7. The Morgan fingerprint density at radius 3 is 1.07 bits per heavy atom. The van der Waals surface area contributed by atoms with E-state index in [-0.39, 0.29) is 64.2 Å². The van der Waals surface area contributed by atoms with Crippen molar-refractivity contribution in [3.05, 3.63) is 0 Å². The van der Waals surface area contributed by atoms with Gasteiger partial charge >= 0.3 is 51.4 Å². The molecule has 0 aromatic carbocycles. The van der Waals surface area contributed by atoms with Crippen LogP contribution in [0.4, 0.5) is 0 Å². The maximum Gasteiger partial charge on any atom is 1.00 e. The van der Waals surface area contributed by atoms with Crippen LogP contribution in [0.3, 0.4) is 0 Å². The van der Waals surface area contributed by atoms with Crippen molar-refractivity contribution >= 4 is 10.1 Å². The van der Waals surface area contributed by atoms with Crippen LogP contribution in [0.15, 0.2) is 0 Å². The summed E-state index contributed by atoms with van der Waals surface area (Å²) >= 11 is 0. The summed E-state index contributed by atoms with van der Waals surface area (Å²) in [4.78, 5) is -2.06. The van der Waals surface area contributed by atoms with Crippen LogP contribution in [0, 0.1) is 0 Å². The molecule has 1 atom stereocenters. The monoisotopic (exact) mass is 458 g/mol. The Kier molecular flexibility index (Phi) is 24.1. The molecule has 0 aromatic heterocycles. The SMILES string of the molecule is CCCCCCCCCCCCC(O)(CCCCCCCCCC)S(=O)(=O)[O-].[K+]. The van der Waals surface area contributed by atoms with Crippen LogP contribution in [0.2, 0.25) is 0 Å². The average molecular weight is 459 g/mol. The van der Waals surface area contributed by atoms with Gasteiger partial charge in [0, 0.05) is 0 Å². The Morgan fingerprint density at radius 1 is 0.586 bits per heavy atom. The molecule has 0 aliphatic rings. The second-order valence-electron chi connectivity index (χ2n) is 8.56. The number of aliphatic hydroxyl groups is 1. The third-order valence-electron chi connectivity index (χ3n) is 5.81. The summed E-state index contributed by atoms with van der Waals surface area (Å²) in [5, 5.41) is 10.4. The van der Waals surface area contributed by atoms with Gasteiger partial charge in [-0.25, -0.2) is 8.42 Å². The minimum atomic E-state index is -4.67. The van der Waals surface area contributed by atoms with Crippen LogP contribution in [-0.2, 0) is 10.1 Å². The molecule has 0 aromatic rings. The largest absolute Gasteiger partial charge is 1.00 e. The van der Waals surface area contributed by atoms with E-state index in [4.69, 9.17) is 0 Å². The normalized spacial score (nSPS) is 13.8. The van der Waals surface area contributed by atoms with E-state index in [1.165, 1.54) is 64.2 Å². The maximum atomic E-state index is 11.6. The molecule has 0 aliphatic carbocycles. The van der Waals surface area contributed by atoms with Crippen LogP contribution in [0.1, 0.15) is 142 Å². The van der Waals surface area contributed by atoms with Gasteiger partial charge in [0.1, 0.15) is 10.1 Å². The van der Waals surface area contributed by atoms with Gasteiger partial charge < -0.3 is 9.66 Å². The van der Waals surface area contributed by atoms with Gasteiger partial charge in [-0.2, -0.15) is 0 Å². The molecule has 4 nitrogen and oxygen atoms in total. The molecule has 0 bridgehead atoms. The van der Waals surface area contributed by atoms with Gasteiger partial charge in [0.15, 0.2) is 4.93 Å². The number of unbranched alkanes of at least 4 members (excludes halogenated alkanes) is 16. The van der Waals surface area contributed by atoms with E-state index in [2.05, 4.69) is 13.8 Å². The molecular weight excluding hydrogens is 411 g/mol. The molecule has 0 spiro atoms. The van der Waals surface area contributed by atoms with Gasteiger partial charge in [0.2, 0.25) is 0 Å². The van der Waals surface area contributed by atoms with Crippen molar-refractivity contribution in [2.24, 2.45) is 0 Å². The van der Waals surface area contributed by atoms with Crippen molar-refractivity contribution in [2.75, 3.05) is 0 Å². The number of hydrogen-bond acceptors (Lipinski definition) is 4. The molecule has 1 N–H and O–H groups in total. The van der Waals surface area contributed by atoms with Crippen molar-refractivity contribution in [3.63, 3.8) is 0 Å². The predicted octanol–water partition coefficient (Wildman–Crippen LogP) is 4.07. The number of hydrogen-bond donors (Lipinski definition) is 1. The Morgan fingerprint density at radius 2 is 0.828 bits per heavy atom. The molecule has 0 heterocycles. The van der Waals surface area contributed by atoms with Crippen molar-refractivity contribution in [3.8, 4) is 0 Å². The molecule has 1 unspecified atom stereocenters. The van der Waals surface area contributed by atoms with Gasteiger partial charge in [-0.3, -0.25) is 0 Å². The first-order chi connectivity index (χ1) is 13.4. The van der Waals surface area contributed by atoms with Crippen molar-refractivity contribution in [1.82, 2.24) is 0 Å². The van der Waals surface area contributed by atoms with Crippen LogP contribution < -0.4 is 51.4 Å². The minimum absolute atomic E-state index is 0. The molecule has 0 aliphatic heterocycles. The second kappa shape index (κ2) is 21.4. The zero-order chi connectivity index (χ0) is 21.1. The summed E-state index contributed by atoms with van der Waals surface area (Å²) in [6, 6.07) is 0. The first-order valence-electron chi connectivity index (χ1n) is 12.0. The van der Waals surface area contributed by atoms with Crippen LogP contribution in [0.5, 0.6) is 0 Å². The van der Waals surface area contributed by atoms with Crippen molar-refractivity contribution < 1.29 is 69.5 Å². The smallest absolute Gasteiger partial charge is 0.746 e. The van der Waals surface area contributed by atoms with Crippen molar-refractivity contribution in [2.45, 2.75) is 147 Å². The third kappa shape index (κ3) is 18.7. The molecule has 0 saturated carbocycles. The molecule has 0 fully saturated rings. The first-order valence-corrected chi connectivity index (χ1v) is 13.5. The molecule has 0 rings (SSSR count). The topological polar surface area (TPSA) is 77.4 Å². The fraction of sp³-hybridized carbons (Fsp3) is 1.00. The Bertz CT molecular complexity index is 442. The minimum Gasteiger partial charge on any atom is -0.746 e. The van der Waals surface area contributed by atoms with Crippen LogP contribution in [0.25, 0.3) is 0 Å². The van der Waals surface area contributed by atoms with Gasteiger partial charge in [-0.15, -0.1) is 0 Å². The summed E-state index contributed by atoms with van der Waals surface area (Å²) < 4.78 is 34.7. The average Bonchev–Trinajstić information content (AvgIpc) is 2.64. The molecule has 6 heteroatoms. The van der Waals surface area contributed by atoms with Crippen LogP contribution >= 0.6 is 0 Å². The van der Waals surface area contributed by atoms with E-state index >= 15 is 0 Å². The van der Waals surface area contributed by atoms with Gasteiger partial charge in [0.25, 0.3) is 0 Å². The summed E-state index contributed by atoms with van der Waals surface area (Å²) in [5.41, 5.74) is 0. The van der Waals surface area contributed by atoms with E-state index in [1.807, 2.05) is 0 Å². The van der Waals surface area contributed by atoms with Crippen LogP contribution in [-0.4, -0.2) is 23.0 Å². The maximum absolute atomic E-state index is 11.6.